The van der Waals surface area contributed by atoms with E-state index in [0.717, 1.165) is 29.2 Å². The maximum Gasteiger partial charge on any atom is 0.0452 e. The fraction of sp³-hybridized carbons (Fsp3) is 0.625. The Kier molecular flexibility index (Phi) is 3.99. The zero-order chi connectivity index (χ0) is 13.2. The van der Waals surface area contributed by atoms with Gasteiger partial charge in [0.25, 0.3) is 0 Å². The zero-order valence-electron chi connectivity index (χ0n) is 11.4. The first-order valence-corrected chi connectivity index (χ1v) is 7.90. The zero-order valence-corrected chi connectivity index (χ0v) is 12.2. The van der Waals surface area contributed by atoms with Crippen LogP contribution in [-0.4, -0.2) is 17.5 Å². The van der Waals surface area contributed by atoms with Crippen molar-refractivity contribution in [2.75, 3.05) is 12.3 Å². The third kappa shape index (κ3) is 2.90. The number of benzene rings is 1. The van der Waals surface area contributed by atoms with Crippen LogP contribution in [0.5, 0.6) is 0 Å². The first-order chi connectivity index (χ1) is 9.24. The van der Waals surface area contributed by atoms with Crippen LogP contribution in [0, 0.1) is 5.92 Å². The molecule has 1 aromatic carbocycles. The summed E-state index contributed by atoms with van der Waals surface area (Å²) in [5, 5.41) is 0.854. The molecule has 1 saturated carbocycles. The minimum atomic E-state index is 0.778. The molecule has 2 aliphatic rings. The van der Waals surface area contributed by atoms with Crippen LogP contribution in [-0.2, 0) is 6.54 Å². The number of hydrogen-bond donors (Lipinski definition) is 1. The molecule has 0 amide bonds. The van der Waals surface area contributed by atoms with E-state index in [0.29, 0.717) is 0 Å². The van der Waals surface area contributed by atoms with Crippen LogP contribution in [0.1, 0.15) is 44.1 Å². The second-order valence-electron chi connectivity index (χ2n) is 6.08. The molecule has 3 heteroatoms. The van der Waals surface area contributed by atoms with Gasteiger partial charge in [0, 0.05) is 23.3 Å². The minimum Gasteiger partial charge on any atom is -0.399 e. The molecule has 0 spiro atoms. The van der Waals surface area contributed by atoms with E-state index < -0.39 is 0 Å². The van der Waals surface area contributed by atoms with Gasteiger partial charge in [-0.1, -0.05) is 24.4 Å². The summed E-state index contributed by atoms with van der Waals surface area (Å²) in [6.45, 7) is 2.18. The standard InChI is InChI=1S/C16H23ClN2/c17-15-8-7-14(18)10-13(15)11-19-9-3-5-12-4-1-2-6-16(12)19/h7-8,10,12,16H,1-6,9,11,18H2. The quantitative estimate of drug-likeness (QED) is 0.826. The van der Waals surface area contributed by atoms with Crippen molar-refractivity contribution in [3.05, 3.63) is 28.8 Å². The third-order valence-corrected chi connectivity index (χ3v) is 5.17. The van der Waals surface area contributed by atoms with Crippen molar-refractivity contribution in [2.24, 2.45) is 5.92 Å². The van der Waals surface area contributed by atoms with E-state index in [1.807, 2.05) is 18.2 Å². The van der Waals surface area contributed by atoms with Gasteiger partial charge in [0.2, 0.25) is 0 Å². The average Bonchev–Trinajstić information content (AvgIpc) is 2.43. The molecule has 1 aliphatic carbocycles. The van der Waals surface area contributed by atoms with Gasteiger partial charge >= 0.3 is 0 Å². The van der Waals surface area contributed by atoms with Crippen LogP contribution in [0.4, 0.5) is 5.69 Å². The fourth-order valence-electron chi connectivity index (χ4n) is 3.86. The first-order valence-electron chi connectivity index (χ1n) is 7.52. The molecule has 19 heavy (non-hydrogen) atoms. The molecular formula is C16H23ClN2. The summed E-state index contributed by atoms with van der Waals surface area (Å²) < 4.78 is 0. The van der Waals surface area contributed by atoms with Crippen molar-refractivity contribution in [1.82, 2.24) is 4.90 Å². The van der Waals surface area contributed by atoms with Gasteiger partial charge in [0.05, 0.1) is 0 Å². The smallest absolute Gasteiger partial charge is 0.0452 e. The highest BCUT2D eigenvalue weighted by Gasteiger charge is 2.33. The molecule has 0 aromatic heterocycles. The van der Waals surface area contributed by atoms with Crippen molar-refractivity contribution in [3.63, 3.8) is 0 Å². The second-order valence-corrected chi connectivity index (χ2v) is 6.48. The third-order valence-electron chi connectivity index (χ3n) is 4.80. The summed E-state index contributed by atoms with van der Waals surface area (Å²) >= 11 is 6.31. The van der Waals surface area contributed by atoms with Gasteiger partial charge in [0.15, 0.2) is 0 Å². The van der Waals surface area contributed by atoms with Gasteiger partial charge in [-0.25, -0.2) is 0 Å². The monoisotopic (exact) mass is 278 g/mol. The molecule has 3 rings (SSSR count). The van der Waals surface area contributed by atoms with Crippen molar-refractivity contribution in [2.45, 2.75) is 51.1 Å². The van der Waals surface area contributed by atoms with E-state index >= 15 is 0 Å². The van der Waals surface area contributed by atoms with Gasteiger partial charge in [-0.3, -0.25) is 4.90 Å². The molecule has 1 aromatic rings. The van der Waals surface area contributed by atoms with Gasteiger partial charge < -0.3 is 5.73 Å². The van der Waals surface area contributed by atoms with Gasteiger partial charge in [-0.2, -0.15) is 0 Å². The SMILES string of the molecule is Nc1ccc(Cl)c(CN2CCCC3CCCCC32)c1. The molecule has 1 heterocycles. The van der Waals surface area contributed by atoms with E-state index in [1.165, 1.54) is 50.6 Å². The fourth-order valence-corrected chi connectivity index (χ4v) is 4.04. The molecule has 2 fully saturated rings. The number of nitrogen functional groups attached to an aromatic ring is 1. The Morgan fingerprint density at radius 1 is 1.16 bits per heavy atom. The highest BCUT2D eigenvalue weighted by atomic mass is 35.5. The van der Waals surface area contributed by atoms with E-state index in [9.17, 15) is 0 Å². The molecule has 1 aliphatic heterocycles. The van der Waals surface area contributed by atoms with E-state index in [1.54, 1.807) is 0 Å². The Hall–Kier alpha value is -0.730. The predicted octanol–water partition coefficient (Wildman–Crippen LogP) is 4.08. The molecule has 1 saturated heterocycles. The summed E-state index contributed by atoms with van der Waals surface area (Å²) in [5.41, 5.74) is 7.89. The van der Waals surface area contributed by atoms with Crippen molar-refractivity contribution < 1.29 is 0 Å². The van der Waals surface area contributed by atoms with Crippen LogP contribution in [0.15, 0.2) is 18.2 Å². The molecule has 2 atom stereocenters. The molecule has 0 bridgehead atoms. The molecule has 2 N–H and O–H groups in total. The lowest BCUT2D eigenvalue weighted by Crippen LogP contribution is -2.46. The van der Waals surface area contributed by atoms with E-state index in [2.05, 4.69) is 4.90 Å². The maximum absolute atomic E-state index is 6.31. The highest BCUT2D eigenvalue weighted by Crippen LogP contribution is 2.36. The predicted molar refractivity (Wildman–Crippen MR) is 81.3 cm³/mol. The van der Waals surface area contributed by atoms with Crippen LogP contribution < -0.4 is 5.73 Å². The van der Waals surface area contributed by atoms with Gasteiger partial charge in [-0.15, -0.1) is 0 Å². The summed E-state index contributed by atoms with van der Waals surface area (Å²) in [6.07, 6.45) is 8.36. The summed E-state index contributed by atoms with van der Waals surface area (Å²) in [4.78, 5) is 2.65. The Balaban J connectivity index is 1.75. The molecule has 2 unspecified atom stereocenters. The number of anilines is 1. The topological polar surface area (TPSA) is 29.3 Å². The first kappa shape index (κ1) is 13.3. The number of halogens is 1. The van der Waals surface area contributed by atoms with E-state index in [-0.39, 0.29) is 0 Å². The number of piperidine rings is 1. The van der Waals surface area contributed by atoms with Crippen molar-refractivity contribution >= 4 is 17.3 Å². The Labute approximate surface area is 120 Å². The highest BCUT2D eigenvalue weighted by molar-refractivity contribution is 6.31. The molecule has 0 radical (unpaired) electrons. The van der Waals surface area contributed by atoms with Crippen LogP contribution >= 0.6 is 11.6 Å². The van der Waals surface area contributed by atoms with Gasteiger partial charge in [0.1, 0.15) is 0 Å². The van der Waals surface area contributed by atoms with Crippen molar-refractivity contribution in [1.29, 1.82) is 0 Å². The van der Waals surface area contributed by atoms with Crippen LogP contribution in [0.2, 0.25) is 5.02 Å². The van der Waals surface area contributed by atoms with Crippen LogP contribution in [0.25, 0.3) is 0 Å². The molecule has 2 nitrogen and oxygen atoms in total. The largest absolute Gasteiger partial charge is 0.399 e. The summed E-state index contributed by atoms with van der Waals surface area (Å²) in [6, 6.07) is 6.62. The van der Waals surface area contributed by atoms with Crippen molar-refractivity contribution in [3.8, 4) is 0 Å². The Morgan fingerprint density at radius 2 is 1.95 bits per heavy atom. The lowest BCUT2D eigenvalue weighted by Gasteiger charge is -2.44. The number of fused-ring (bicyclic) bond motifs is 1. The number of likely N-dealkylation sites (tertiary alicyclic amines) is 1. The number of hydrogen-bond acceptors (Lipinski definition) is 2. The normalized spacial score (nSPS) is 28.1. The van der Waals surface area contributed by atoms with Gasteiger partial charge in [-0.05, 0) is 61.9 Å². The number of rotatable bonds is 2. The Bertz CT molecular complexity index is 444. The lowest BCUT2D eigenvalue weighted by molar-refractivity contribution is 0.0547. The Morgan fingerprint density at radius 3 is 2.84 bits per heavy atom. The maximum atomic E-state index is 6.31. The summed E-state index contributed by atoms with van der Waals surface area (Å²) in [7, 11) is 0. The lowest BCUT2D eigenvalue weighted by atomic mass is 9.78. The number of nitrogens with two attached hydrogens (primary N) is 1. The van der Waals surface area contributed by atoms with E-state index in [4.69, 9.17) is 17.3 Å². The molecule has 104 valence electrons. The molecular weight excluding hydrogens is 256 g/mol. The average molecular weight is 279 g/mol. The summed E-state index contributed by atoms with van der Waals surface area (Å²) in [5.74, 6) is 0.919. The van der Waals surface area contributed by atoms with Crippen LogP contribution in [0.3, 0.4) is 0 Å². The number of nitrogens with zero attached hydrogens (tertiary/aromatic N) is 1. The minimum absolute atomic E-state index is 0.778. The second kappa shape index (κ2) is 5.72.